The summed E-state index contributed by atoms with van der Waals surface area (Å²) in [5.74, 6) is 0.0229. The van der Waals surface area contributed by atoms with E-state index >= 15 is 0 Å². The molecule has 2 rings (SSSR count). The predicted molar refractivity (Wildman–Crippen MR) is 101 cm³/mol. The highest BCUT2D eigenvalue weighted by Gasteiger charge is 2.19. The molecule has 26 heavy (non-hydrogen) atoms. The molecule has 4 N–H and O–H groups in total. The number of guanidine groups is 1. The second kappa shape index (κ2) is 10.1. The maximum absolute atomic E-state index is 13.5. The van der Waals surface area contributed by atoms with Crippen molar-refractivity contribution >= 4 is 11.9 Å². The Morgan fingerprint density at radius 1 is 1.27 bits per heavy atom. The zero-order valence-corrected chi connectivity index (χ0v) is 15.5. The fraction of sp³-hybridized carbons (Fsp3) is 0.579. The van der Waals surface area contributed by atoms with E-state index in [2.05, 4.69) is 20.9 Å². The molecule has 0 bridgehead atoms. The molecule has 0 aliphatic heterocycles. The highest BCUT2D eigenvalue weighted by Crippen LogP contribution is 2.18. The minimum Gasteiger partial charge on any atom is -0.393 e. The Morgan fingerprint density at radius 2 is 2.00 bits per heavy atom. The first kappa shape index (κ1) is 20.2. The van der Waals surface area contributed by atoms with Gasteiger partial charge in [0.1, 0.15) is 5.82 Å². The van der Waals surface area contributed by atoms with Crippen LogP contribution in [0.4, 0.5) is 4.39 Å². The number of carbonyl (C=O) groups is 1. The van der Waals surface area contributed by atoms with Gasteiger partial charge in [0.05, 0.1) is 12.6 Å². The molecule has 0 aromatic heterocycles. The van der Waals surface area contributed by atoms with E-state index in [0.717, 1.165) is 32.2 Å². The van der Waals surface area contributed by atoms with Crippen LogP contribution in [-0.2, 0) is 0 Å². The fourth-order valence-electron chi connectivity index (χ4n) is 2.91. The molecule has 1 aromatic carbocycles. The second-order valence-corrected chi connectivity index (χ2v) is 6.63. The molecule has 0 atom stereocenters. The third-order valence-corrected chi connectivity index (χ3v) is 4.48. The van der Waals surface area contributed by atoms with Crippen molar-refractivity contribution in [3.63, 3.8) is 0 Å². The van der Waals surface area contributed by atoms with Crippen molar-refractivity contribution in [3.05, 3.63) is 35.1 Å². The molecule has 1 fully saturated rings. The normalized spacial score (nSPS) is 20.5. The summed E-state index contributed by atoms with van der Waals surface area (Å²) in [4.78, 5) is 16.5. The summed E-state index contributed by atoms with van der Waals surface area (Å²) in [5.41, 5.74) is 0.825. The number of nitrogens with one attached hydrogen (secondary N) is 3. The van der Waals surface area contributed by atoms with Crippen LogP contribution in [-0.4, -0.2) is 48.8 Å². The van der Waals surface area contributed by atoms with Crippen LogP contribution in [0.3, 0.4) is 0 Å². The van der Waals surface area contributed by atoms with Gasteiger partial charge in [-0.15, -0.1) is 0 Å². The molecule has 144 valence electrons. The lowest BCUT2D eigenvalue weighted by Crippen LogP contribution is -2.45. The monoisotopic (exact) mass is 364 g/mol. The number of halogens is 1. The van der Waals surface area contributed by atoms with Crippen molar-refractivity contribution < 1.29 is 14.3 Å². The second-order valence-electron chi connectivity index (χ2n) is 6.63. The van der Waals surface area contributed by atoms with Gasteiger partial charge in [-0.3, -0.25) is 9.79 Å². The van der Waals surface area contributed by atoms with Gasteiger partial charge in [-0.1, -0.05) is 6.07 Å². The average molecular weight is 364 g/mol. The standard InChI is InChI=1S/C19H29FN4O2/c1-3-21-19(24-15-6-8-16(25)9-7-15)23-11-10-22-18(26)14-5-4-13(2)17(20)12-14/h4-5,12,15-16,25H,3,6-11H2,1-2H3,(H,22,26)(H2,21,23,24). The SMILES string of the molecule is CCNC(=NCCNC(=O)c1ccc(C)c(F)c1)NC1CCC(O)CC1. The first-order valence-corrected chi connectivity index (χ1v) is 9.27. The molecule has 1 aromatic rings. The van der Waals surface area contributed by atoms with E-state index in [4.69, 9.17) is 0 Å². The number of hydrogen-bond donors (Lipinski definition) is 4. The van der Waals surface area contributed by atoms with Crippen LogP contribution < -0.4 is 16.0 Å². The number of aliphatic hydroxyl groups is 1. The molecule has 6 nitrogen and oxygen atoms in total. The van der Waals surface area contributed by atoms with Crippen LogP contribution in [0, 0.1) is 12.7 Å². The lowest BCUT2D eigenvalue weighted by molar-refractivity contribution is 0.0954. The van der Waals surface area contributed by atoms with E-state index in [0.29, 0.717) is 36.2 Å². The van der Waals surface area contributed by atoms with Gasteiger partial charge in [-0.05, 0) is 57.2 Å². The van der Waals surface area contributed by atoms with Crippen molar-refractivity contribution in [3.8, 4) is 0 Å². The summed E-state index contributed by atoms with van der Waals surface area (Å²) in [7, 11) is 0. The number of aliphatic imine (C=N–C) groups is 1. The number of aliphatic hydroxyl groups excluding tert-OH is 1. The number of aryl methyl sites for hydroxylation is 1. The Morgan fingerprint density at radius 3 is 2.65 bits per heavy atom. The highest BCUT2D eigenvalue weighted by molar-refractivity contribution is 5.94. The van der Waals surface area contributed by atoms with Gasteiger partial charge in [0.15, 0.2) is 5.96 Å². The van der Waals surface area contributed by atoms with Crippen LogP contribution in [0.25, 0.3) is 0 Å². The Balaban J connectivity index is 1.79. The molecule has 0 spiro atoms. The lowest BCUT2D eigenvalue weighted by Gasteiger charge is -2.27. The summed E-state index contributed by atoms with van der Waals surface area (Å²) < 4.78 is 13.5. The van der Waals surface area contributed by atoms with Crippen molar-refractivity contribution in [1.82, 2.24) is 16.0 Å². The van der Waals surface area contributed by atoms with Gasteiger partial charge in [0, 0.05) is 24.7 Å². The van der Waals surface area contributed by atoms with Crippen LogP contribution in [0.15, 0.2) is 23.2 Å². The molecule has 1 saturated carbocycles. The van der Waals surface area contributed by atoms with Gasteiger partial charge >= 0.3 is 0 Å². The van der Waals surface area contributed by atoms with E-state index in [-0.39, 0.29) is 17.8 Å². The van der Waals surface area contributed by atoms with Crippen molar-refractivity contribution in [2.45, 2.75) is 51.7 Å². The molecule has 1 aliphatic rings. The topological polar surface area (TPSA) is 85.8 Å². The molecule has 0 unspecified atom stereocenters. The quantitative estimate of drug-likeness (QED) is 0.352. The van der Waals surface area contributed by atoms with Crippen LogP contribution in [0.5, 0.6) is 0 Å². The molecule has 0 radical (unpaired) electrons. The molecule has 0 saturated heterocycles. The number of carbonyl (C=O) groups excluding carboxylic acids is 1. The van der Waals surface area contributed by atoms with Crippen LogP contribution >= 0.6 is 0 Å². The molecular weight excluding hydrogens is 335 g/mol. The van der Waals surface area contributed by atoms with Crippen molar-refractivity contribution in [1.29, 1.82) is 0 Å². The number of hydrogen-bond acceptors (Lipinski definition) is 3. The van der Waals surface area contributed by atoms with E-state index in [1.807, 2.05) is 6.92 Å². The van der Waals surface area contributed by atoms with Crippen LogP contribution in [0.1, 0.15) is 48.5 Å². The Labute approximate surface area is 154 Å². The number of nitrogens with zero attached hydrogens (tertiary/aromatic N) is 1. The summed E-state index contributed by atoms with van der Waals surface area (Å²) in [6.45, 7) is 5.19. The Bertz CT molecular complexity index is 628. The minimum absolute atomic E-state index is 0.186. The lowest BCUT2D eigenvalue weighted by atomic mass is 9.93. The Hall–Kier alpha value is -2.15. The largest absolute Gasteiger partial charge is 0.393 e. The smallest absolute Gasteiger partial charge is 0.251 e. The zero-order valence-electron chi connectivity index (χ0n) is 15.5. The molecule has 1 aliphatic carbocycles. The third-order valence-electron chi connectivity index (χ3n) is 4.48. The fourth-order valence-corrected chi connectivity index (χ4v) is 2.91. The maximum Gasteiger partial charge on any atom is 0.251 e. The minimum atomic E-state index is -0.382. The number of rotatable bonds is 6. The van der Waals surface area contributed by atoms with Gasteiger partial charge in [-0.2, -0.15) is 0 Å². The maximum atomic E-state index is 13.5. The predicted octanol–water partition coefficient (Wildman–Crippen LogP) is 1.72. The Kier molecular flexibility index (Phi) is 7.84. The highest BCUT2D eigenvalue weighted by atomic mass is 19.1. The summed E-state index contributed by atoms with van der Waals surface area (Å²) in [6.07, 6.45) is 3.26. The van der Waals surface area contributed by atoms with Crippen molar-refractivity contribution in [2.24, 2.45) is 4.99 Å². The summed E-state index contributed by atoms with van der Waals surface area (Å²) in [5, 5.41) is 18.9. The van der Waals surface area contributed by atoms with Gasteiger partial charge in [-0.25, -0.2) is 4.39 Å². The zero-order chi connectivity index (χ0) is 18.9. The first-order valence-electron chi connectivity index (χ1n) is 9.27. The average Bonchev–Trinajstić information content (AvgIpc) is 2.62. The third kappa shape index (κ3) is 6.29. The van der Waals surface area contributed by atoms with Gasteiger partial charge in [0.2, 0.25) is 0 Å². The molecule has 7 heteroatoms. The molecule has 0 heterocycles. The van der Waals surface area contributed by atoms with Crippen LogP contribution in [0.2, 0.25) is 0 Å². The van der Waals surface area contributed by atoms with Gasteiger partial charge in [0.25, 0.3) is 5.91 Å². The molecule has 1 amide bonds. The van der Waals surface area contributed by atoms with E-state index in [1.165, 1.54) is 6.07 Å². The number of benzene rings is 1. The number of amides is 1. The summed E-state index contributed by atoms with van der Waals surface area (Å²) >= 11 is 0. The van der Waals surface area contributed by atoms with E-state index in [1.54, 1.807) is 19.1 Å². The van der Waals surface area contributed by atoms with E-state index in [9.17, 15) is 14.3 Å². The first-order chi connectivity index (χ1) is 12.5. The van der Waals surface area contributed by atoms with Crippen molar-refractivity contribution in [2.75, 3.05) is 19.6 Å². The van der Waals surface area contributed by atoms with E-state index < -0.39 is 0 Å². The summed E-state index contributed by atoms with van der Waals surface area (Å²) in [6, 6.07) is 4.76. The molecular formula is C19H29FN4O2. The van der Waals surface area contributed by atoms with Gasteiger partial charge < -0.3 is 21.1 Å².